The van der Waals surface area contributed by atoms with E-state index in [1.54, 1.807) is 6.92 Å². The van der Waals surface area contributed by atoms with Crippen molar-refractivity contribution < 1.29 is 22.3 Å². The minimum atomic E-state index is -4.00. The van der Waals surface area contributed by atoms with Crippen molar-refractivity contribution in [3.05, 3.63) is 17.9 Å². The molecular formula is C11H18ClFN2O4S. The molecule has 0 heterocycles. The molecule has 0 aliphatic heterocycles. The van der Waals surface area contributed by atoms with Crippen molar-refractivity contribution in [2.75, 3.05) is 20.8 Å². The number of benzene rings is 1. The largest absolute Gasteiger partial charge is 0.493 e. The maximum atomic E-state index is 13.8. The Labute approximate surface area is 123 Å². The second kappa shape index (κ2) is 7.63. The number of methoxy groups -OCH3 is 2. The molecular weight excluding hydrogens is 311 g/mol. The molecule has 0 fully saturated rings. The van der Waals surface area contributed by atoms with Crippen LogP contribution < -0.4 is 19.9 Å². The number of nitrogens with two attached hydrogens (primary N) is 1. The van der Waals surface area contributed by atoms with E-state index in [-0.39, 0.29) is 30.5 Å². The molecule has 0 saturated heterocycles. The van der Waals surface area contributed by atoms with Gasteiger partial charge in [-0.15, -0.1) is 12.4 Å². The summed E-state index contributed by atoms with van der Waals surface area (Å²) in [6.07, 6.45) is 0. The van der Waals surface area contributed by atoms with E-state index in [4.69, 9.17) is 15.2 Å². The molecule has 1 aromatic carbocycles. The van der Waals surface area contributed by atoms with Crippen LogP contribution in [0.2, 0.25) is 0 Å². The number of halogens is 2. The van der Waals surface area contributed by atoms with Crippen LogP contribution in [0.1, 0.15) is 6.92 Å². The van der Waals surface area contributed by atoms with Gasteiger partial charge in [0.05, 0.1) is 14.2 Å². The highest BCUT2D eigenvalue weighted by Crippen LogP contribution is 2.31. The Morgan fingerprint density at radius 1 is 1.30 bits per heavy atom. The molecule has 9 heteroatoms. The van der Waals surface area contributed by atoms with E-state index < -0.39 is 26.8 Å². The Morgan fingerprint density at radius 3 is 2.25 bits per heavy atom. The fourth-order valence-electron chi connectivity index (χ4n) is 1.42. The molecule has 6 nitrogen and oxygen atoms in total. The second-order valence-corrected chi connectivity index (χ2v) is 5.58. The Balaban J connectivity index is 0.00000361. The maximum Gasteiger partial charge on any atom is 0.243 e. The molecule has 0 saturated carbocycles. The summed E-state index contributed by atoms with van der Waals surface area (Å²) in [5, 5.41) is 0. The van der Waals surface area contributed by atoms with Gasteiger partial charge in [0.1, 0.15) is 10.7 Å². The van der Waals surface area contributed by atoms with Gasteiger partial charge in [0.25, 0.3) is 0 Å². The van der Waals surface area contributed by atoms with Crippen LogP contribution in [0, 0.1) is 5.82 Å². The summed E-state index contributed by atoms with van der Waals surface area (Å²) in [5.41, 5.74) is 5.33. The molecule has 0 bridgehead atoms. The van der Waals surface area contributed by atoms with Crippen LogP contribution in [-0.2, 0) is 10.0 Å². The first-order chi connectivity index (χ1) is 8.85. The Bertz CT molecular complexity index is 554. The highest BCUT2D eigenvalue weighted by atomic mass is 35.5. The number of rotatable bonds is 6. The minimum absolute atomic E-state index is 0. The van der Waals surface area contributed by atoms with Crippen LogP contribution in [0.4, 0.5) is 4.39 Å². The molecule has 0 amide bonds. The van der Waals surface area contributed by atoms with Crippen LogP contribution in [0.25, 0.3) is 0 Å². The third-order valence-electron chi connectivity index (χ3n) is 2.44. The lowest BCUT2D eigenvalue weighted by atomic mass is 10.3. The molecule has 0 aliphatic carbocycles. The van der Waals surface area contributed by atoms with E-state index >= 15 is 0 Å². The summed E-state index contributed by atoms with van der Waals surface area (Å²) < 4.78 is 49.9. The van der Waals surface area contributed by atoms with Crippen molar-refractivity contribution in [3.8, 4) is 11.5 Å². The molecule has 0 aliphatic rings. The molecule has 3 N–H and O–H groups in total. The Morgan fingerprint density at radius 2 is 1.80 bits per heavy atom. The number of hydrogen-bond donors (Lipinski definition) is 2. The standard InChI is InChI=1S/C11H17FN2O4S.ClH/c1-7(6-13)14-19(15,16)11-5-10(18-3)9(17-2)4-8(11)12;/h4-5,7,14H,6,13H2,1-3H3;1H/t7-;/m0./s1. The van der Waals surface area contributed by atoms with E-state index in [0.717, 1.165) is 12.1 Å². The third-order valence-corrected chi connectivity index (χ3v) is 4.04. The fraction of sp³-hybridized carbons (Fsp3) is 0.455. The number of ether oxygens (including phenoxy) is 2. The van der Waals surface area contributed by atoms with Crippen molar-refractivity contribution >= 4 is 22.4 Å². The molecule has 0 aromatic heterocycles. The van der Waals surface area contributed by atoms with E-state index in [1.807, 2.05) is 0 Å². The lowest BCUT2D eigenvalue weighted by molar-refractivity contribution is 0.350. The predicted octanol–water partition coefficient (Wildman–Crippen LogP) is 0.890. The average molecular weight is 329 g/mol. The van der Waals surface area contributed by atoms with Crippen LogP contribution >= 0.6 is 12.4 Å². The normalized spacial score (nSPS) is 12.4. The summed E-state index contributed by atoms with van der Waals surface area (Å²) in [7, 11) is -1.33. The number of nitrogens with one attached hydrogen (secondary N) is 1. The van der Waals surface area contributed by atoms with E-state index in [0.29, 0.717) is 0 Å². The molecule has 0 radical (unpaired) electrons. The topological polar surface area (TPSA) is 90.7 Å². The first kappa shape index (κ1) is 18.9. The summed E-state index contributed by atoms with van der Waals surface area (Å²) in [6.45, 7) is 1.68. The molecule has 1 rings (SSSR count). The molecule has 1 aromatic rings. The monoisotopic (exact) mass is 328 g/mol. The zero-order valence-electron chi connectivity index (χ0n) is 11.3. The van der Waals surface area contributed by atoms with Crippen LogP contribution in [0.15, 0.2) is 17.0 Å². The van der Waals surface area contributed by atoms with Gasteiger partial charge in [-0.05, 0) is 6.92 Å². The van der Waals surface area contributed by atoms with Crippen molar-refractivity contribution in [1.82, 2.24) is 4.72 Å². The van der Waals surface area contributed by atoms with Crippen molar-refractivity contribution in [2.24, 2.45) is 5.73 Å². The van der Waals surface area contributed by atoms with E-state index in [2.05, 4.69) is 4.72 Å². The number of sulfonamides is 1. The molecule has 116 valence electrons. The summed E-state index contributed by atoms with van der Waals surface area (Å²) >= 11 is 0. The first-order valence-corrected chi connectivity index (χ1v) is 6.98. The SMILES string of the molecule is COc1cc(F)c(S(=O)(=O)N[C@@H](C)CN)cc1OC.Cl. The maximum absolute atomic E-state index is 13.8. The quantitative estimate of drug-likeness (QED) is 0.809. The van der Waals surface area contributed by atoms with Crippen LogP contribution in [-0.4, -0.2) is 35.2 Å². The lowest BCUT2D eigenvalue weighted by Crippen LogP contribution is -2.38. The van der Waals surface area contributed by atoms with Gasteiger partial charge in [-0.2, -0.15) is 0 Å². The molecule has 20 heavy (non-hydrogen) atoms. The van der Waals surface area contributed by atoms with Gasteiger partial charge in [-0.1, -0.05) is 0 Å². The molecule has 1 atom stereocenters. The van der Waals surface area contributed by atoms with E-state index in [1.165, 1.54) is 14.2 Å². The van der Waals surface area contributed by atoms with Gasteiger partial charge < -0.3 is 15.2 Å². The van der Waals surface area contributed by atoms with Crippen molar-refractivity contribution in [3.63, 3.8) is 0 Å². The predicted molar refractivity (Wildman–Crippen MR) is 75.6 cm³/mol. The first-order valence-electron chi connectivity index (χ1n) is 5.49. The molecule has 0 spiro atoms. The highest BCUT2D eigenvalue weighted by Gasteiger charge is 2.23. The fourth-order valence-corrected chi connectivity index (χ4v) is 2.75. The number of hydrogen-bond acceptors (Lipinski definition) is 5. The summed E-state index contributed by atoms with van der Waals surface area (Å²) in [5.74, 6) is -0.676. The third kappa shape index (κ3) is 4.20. The van der Waals surface area contributed by atoms with Gasteiger partial charge in [-0.3, -0.25) is 0 Å². The smallest absolute Gasteiger partial charge is 0.243 e. The zero-order chi connectivity index (χ0) is 14.6. The van der Waals surface area contributed by atoms with Crippen LogP contribution in [0.5, 0.6) is 11.5 Å². The summed E-state index contributed by atoms with van der Waals surface area (Å²) in [6, 6.07) is 1.53. The lowest BCUT2D eigenvalue weighted by Gasteiger charge is -2.14. The highest BCUT2D eigenvalue weighted by molar-refractivity contribution is 7.89. The van der Waals surface area contributed by atoms with Gasteiger partial charge in [0.15, 0.2) is 11.5 Å². The van der Waals surface area contributed by atoms with Crippen LogP contribution in [0.3, 0.4) is 0 Å². The van der Waals surface area contributed by atoms with Crippen molar-refractivity contribution in [1.29, 1.82) is 0 Å². The van der Waals surface area contributed by atoms with Gasteiger partial charge in [0, 0.05) is 24.7 Å². The van der Waals surface area contributed by atoms with Gasteiger partial charge in [-0.25, -0.2) is 17.5 Å². The second-order valence-electron chi connectivity index (χ2n) is 3.90. The minimum Gasteiger partial charge on any atom is -0.493 e. The Hall–Kier alpha value is -1.09. The average Bonchev–Trinajstić information content (AvgIpc) is 2.37. The van der Waals surface area contributed by atoms with Gasteiger partial charge >= 0.3 is 0 Å². The van der Waals surface area contributed by atoms with Gasteiger partial charge in [0.2, 0.25) is 10.0 Å². The van der Waals surface area contributed by atoms with Crippen molar-refractivity contribution in [2.45, 2.75) is 17.9 Å². The molecule has 0 unspecified atom stereocenters. The van der Waals surface area contributed by atoms with E-state index in [9.17, 15) is 12.8 Å². The summed E-state index contributed by atoms with van der Waals surface area (Å²) in [4.78, 5) is -0.509. The zero-order valence-corrected chi connectivity index (χ0v) is 13.0. The Kier molecular flexibility index (Phi) is 7.21.